The molecule has 9 heteroatoms. The Bertz CT molecular complexity index is 1520. The summed E-state index contributed by atoms with van der Waals surface area (Å²) in [6.07, 6.45) is 2.74. The van der Waals surface area contributed by atoms with E-state index in [1.54, 1.807) is 22.2 Å². The molecular formula is C27H25N5O3S. The highest BCUT2D eigenvalue weighted by molar-refractivity contribution is 7.12. The molecule has 0 amide bonds. The third kappa shape index (κ3) is 3.99. The second-order valence-corrected chi connectivity index (χ2v) is 10.9. The zero-order valence-corrected chi connectivity index (χ0v) is 21.1. The molecule has 4 heterocycles. The van der Waals surface area contributed by atoms with Crippen LogP contribution < -0.4 is 4.74 Å². The van der Waals surface area contributed by atoms with Crippen LogP contribution in [0.4, 0.5) is 0 Å². The number of fused-ring (bicyclic) bond motifs is 3. The van der Waals surface area contributed by atoms with Gasteiger partial charge in [0.2, 0.25) is 5.88 Å². The Morgan fingerprint density at radius 3 is 2.83 bits per heavy atom. The molecule has 36 heavy (non-hydrogen) atoms. The van der Waals surface area contributed by atoms with Gasteiger partial charge in [0.15, 0.2) is 23.9 Å². The standard InChI is InChI=1S/C27H25N5O3S/c1-16(20-10-7-11-36-20)31-34-14-21-29-25-24-22(17-8-5-4-6-9-17)23-18(33)12-27(2,3)13-19(23)35-26(24)28-15-32(25)30-21/h4-11,15,22H,12-14H2,1-3H3. The van der Waals surface area contributed by atoms with Crippen molar-refractivity contribution in [1.82, 2.24) is 19.6 Å². The zero-order chi connectivity index (χ0) is 24.9. The van der Waals surface area contributed by atoms with Gasteiger partial charge in [-0.25, -0.2) is 14.5 Å². The van der Waals surface area contributed by atoms with Crippen molar-refractivity contribution in [3.8, 4) is 5.88 Å². The van der Waals surface area contributed by atoms with E-state index in [1.165, 1.54) is 0 Å². The van der Waals surface area contributed by atoms with E-state index in [9.17, 15) is 4.79 Å². The lowest BCUT2D eigenvalue weighted by Crippen LogP contribution is -2.33. The Hall–Kier alpha value is -3.85. The van der Waals surface area contributed by atoms with Crippen LogP contribution in [0.15, 0.2) is 70.7 Å². The van der Waals surface area contributed by atoms with E-state index >= 15 is 0 Å². The minimum atomic E-state index is -0.332. The summed E-state index contributed by atoms with van der Waals surface area (Å²) >= 11 is 1.60. The number of carbonyl (C=O) groups is 1. The molecular weight excluding hydrogens is 474 g/mol. The number of nitrogens with zero attached hydrogens (tertiary/aromatic N) is 5. The molecule has 2 aliphatic rings. The van der Waals surface area contributed by atoms with Crippen LogP contribution in [-0.4, -0.2) is 31.1 Å². The minimum absolute atomic E-state index is 0.101. The lowest BCUT2D eigenvalue weighted by molar-refractivity contribution is -0.118. The summed E-state index contributed by atoms with van der Waals surface area (Å²) in [7, 11) is 0. The SMILES string of the molecule is CC(=NOCc1nc2c3c(ncn2n1)OC1=C(C(=O)CC(C)(C)C1)C3c1ccccc1)c1cccs1. The third-order valence-electron chi connectivity index (χ3n) is 6.51. The van der Waals surface area contributed by atoms with E-state index in [1.807, 2.05) is 54.8 Å². The molecule has 0 saturated heterocycles. The Labute approximate surface area is 212 Å². The Morgan fingerprint density at radius 2 is 2.06 bits per heavy atom. The molecule has 0 N–H and O–H groups in total. The Kier molecular flexibility index (Phi) is 5.44. The van der Waals surface area contributed by atoms with Crippen molar-refractivity contribution in [3.63, 3.8) is 0 Å². The molecule has 0 fully saturated rings. The van der Waals surface area contributed by atoms with E-state index in [2.05, 4.69) is 29.1 Å². The van der Waals surface area contributed by atoms with Crippen molar-refractivity contribution in [2.24, 2.45) is 10.6 Å². The van der Waals surface area contributed by atoms with Crippen LogP contribution in [0.25, 0.3) is 5.65 Å². The summed E-state index contributed by atoms with van der Waals surface area (Å²) in [6, 6.07) is 14.0. The predicted molar refractivity (Wildman–Crippen MR) is 136 cm³/mol. The number of allylic oxidation sites excluding steroid dienone is 2. The predicted octanol–water partition coefficient (Wildman–Crippen LogP) is 5.29. The molecule has 1 aromatic carbocycles. The van der Waals surface area contributed by atoms with Gasteiger partial charge in [0, 0.05) is 24.3 Å². The first-order valence-electron chi connectivity index (χ1n) is 11.8. The monoisotopic (exact) mass is 499 g/mol. The molecule has 1 atom stereocenters. The van der Waals surface area contributed by atoms with Crippen LogP contribution in [0.3, 0.4) is 0 Å². The highest BCUT2D eigenvalue weighted by Crippen LogP contribution is 2.50. The number of thiophene rings is 1. The van der Waals surface area contributed by atoms with Gasteiger partial charge in [-0.15, -0.1) is 16.4 Å². The van der Waals surface area contributed by atoms with Crippen LogP contribution in [-0.2, 0) is 16.2 Å². The number of hydrogen-bond acceptors (Lipinski definition) is 8. The lowest BCUT2D eigenvalue weighted by atomic mass is 9.70. The molecule has 6 rings (SSSR count). The van der Waals surface area contributed by atoms with Crippen LogP contribution in [0, 0.1) is 5.41 Å². The van der Waals surface area contributed by atoms with Gasteiger partial charge >= 0.3 is 0 Å². The molecule has 1 unspecified atom stereocenters. The minimum Gasteiger partial charge on any atom is -0.442 e. The van der Waals surface area contributed by atoms with Gasteiger partial charge < -0.3 is 9.57 Å². The fourth-order valence-corrected chi connectivity index (χ4v) is 5.61. The van der Waals surface area contributed by atoms with Gasteiger partial charge in [-0.2, -0.15) is 0 Å². The normalized spacial score (nSPS) is 19.1. The summed E-state index contributed by atoms with van der Waals surface area (Å²) in [6.45, 7) is 6.19. The third-order valence-corrected chi connectivity index (χ3v) is 7.49. The number of Topliss-reactive ketones (excluding diaryl/α,β-unsaturated/α-hetero) is 1. The number of benzene rings is 1. The second kappa shape index (κ2) is 8.67. The summed E-state index contributed by atoms with van der Waals surface area (Å²) in [5.41, 5.74) is 3.65. The number of rotatable bonds is 5. The summed E-state index contributed by atoms with van der Waals surface area (Å²) in [5.74, 6) is 1.41. The maximum absolute atomic E-state index is 13.4. The maximum Gasteiger partial charge on any atom is 0.228 e. The first-order chi connectivity index (χ1) is 17.4. The van der Waals surface area contributed by atoms with Crippen molar-refractivity contribution in [1.29, 1.82) is 0 Å². The molecule has 182 valence electrons. The van der Waals surface area contributed by atoms with E-state index in [-0.39, 0.29) is 23.7 Å². The second-order valence-electron chi connectivity index (χ2n) is 9.91. The van der Waals surface area contributed by atoms with Crippen molar-refractivity contribution in [2.45, 2.75) is 46.1 Å². The van der Waals surface area contributed by atoms with Gasteiger partial charge in [-0.3, -0.25) is 4.79 Å². The number of oxime groups is 1. The van der Waals surface area contributed by atoms with Crippen molar-refractivity contribution < 1.29 is 14.4 Å². The fraction of sp³-hybridized carbons (Fsp3) is 0.296. The largest absolute Gasteiger partial charge is 0.442 e. The molecule has 0 spiro atoms. The number of ketones is 1. The number of hydrogen-bond donors (Lipinski definition) is 0. The highest BCUT2D eigenvalue weighted by Gasteiger charge is 2.43. The van der Waals surface area contributed by atoms with E-state index in [0.717, 1.165) is 21.7 Å². The van der Waals surface area contributed by atoms with Gasteiger partial charge in [-0.05, 0) is 29.3 Å². The molecule has 1 aliphatic carbocycles. The average molecular weight is 500 g/mol. The maximum atomic E-state index is 13.4. The molecule has 8 nitrogen and oxygen atoms in total. The average Bonchev–Trinajstić information content (AvgIpc) is 3.52. The van der Waals surface area contributed by atoms with Crippen LogP contribution in [0.1, 0.15) is 61.4 Å². The molecule has 0 saturated carbocycles. The van der Waals surface area contributed by atoms with Gasteiger partial charge in [0.05, 0.1) is 16.2 Å². The van der Waals surface area contributed by atoms with Gasteiger partial charge in [-0.1, -0.05) is 55.4 Å². The topological polar surface area (TPSA) is 91.0 Å². The zero-order valence-electron chi connectivity index (χ0n) is 20.3. The van der Waals surface area contributed by atoms with E-state index in [0.29, 0.717) is 41.5 Å². The Balaban J connectivity index is 1.41. The number of carbonyl (C=O) groups excluding carboxylic acids is 1. The molecule has 0 radical (unpaired) electrons. The van der Waals surface area contributed by atoms with Crippen LogP contribution in [0.5, 0.6) is 5.88 Å². The Morgan fingerprint density at radius 1 is 1.22 bits per heavy atom. The molecule has 3 aromatic heterocycles. The lowest BCUT2D eigenvalue weighted by Gasteiger charge is -2.37. The van der Waals surface area contributed by atoms with Crippen molar-refractivity contribution in [2.75, 3.05) is 0 Å². The highest BCUT2D eigenvalue weighted by atomic mass is 32.1. The first-order valence-corrected chi connectivity index (χ1v) is 12.7. The number of aromatic nitrogens is 4. The quantitative estimate of drug-likeness (QED) is 0.274. The van der Waals surface area contributed by atoms with Gasteiger partial charge in [0.25, 0.3) is 0 Å². The van der Waals surface area contributed by atoms with Crippen molar-refractivity contribution in [3.05, 3.63) is 87.3 Å². The molecule has 0 bridgehead atoms. The smallest absolute Gasteiger partial charge is 0.228 e. The van der Waals surface area contributed by atoms with E-state index in [4.69, 9.17) is 14.6 Å². The number of ether oxygens (including phenoxy) is 1. The van der Waals surface area contributed by atoms with E-state index < -0.39 is 0 Å². The van der Waals surface area contributed by atoms with Crippen LogP contribution >= 0.6 is 11.3 Å². The molecule has 1 aliphatic heterocycles. The first kappa shape index (κ1) is 22.6. The molecule has 4 aromatic rings. The summed E-state index contributed by atoms with van der Waals surface area (Å²) in [4.78, 5) is 29.4. The van der Waals surface area contributed by atoms with Crippen molar-refractivity contribution >= 4 is 28.5 Å². The fourth-order valence-electron chi connectivity index (χ4n) is 4.95. The summed E-state index contributed by atoms with van der Waals surface area (Å²) < 4.78 is 7.90. The van der Waals surface area contributed by atoms with Gasteiger partial charge in [0.1, 0.15) is 12.1 Å². The summed E-state index contributed by atoms with van der Waals surface area (Å²) in [5, 5.41) is 10.8. The van der Waals surface area contributed by atoms with Crippen LogP contribution in [0.2, 0.25) is 0 Å².